The quantitative estimate of drug-likeness (QED) is 0.527. The maximum absolute atomic E-state index is 5.33. The number of nitrogens with two attached hydrogens (primary N) is 1. The van der Waals surface area contributed by atoms with Crippen LogP contribution in [0.3, 0.4) is 0 Å². The van der Waals surface area contributed by atoms with Crippen molar-refractivity contribution < 1.29 is 4.74 Å². The van der Waals surface area contributed by atoms with Crippen molar-refractivity contribution in [1.82, 2.24) is 0 Å². The highest BCUT2D eigenvalue weighted by Gasteiger charge is 1.93. The van der Waals surface area contributed by atoms with Gasteiger partial charge in [0.2, 0.25) is 0 Å². The maximum atomic E-state index is 5.33. The summed E-state index contributed by atoms with van der Waals surface area (Å²) in [6.07, 6.45) is 2.70. The summed E-state index contributed by atoms with van der Waals surface area (Å²) in [5, 5.41) is 0. The zero-order valence-electron chi connectivity index (χ0n) is 4.85. The van der Waals surface area contributed by atoms with E-state index in [1.807, 2.05) is 13.3 Å². The van der Waals surface area contributed by atoms with E-state index in [1.54, 1.807) is 7.11 Å². The van der Waals surface area contributed by atoms with Gasteiger partial charge >= 0.3 is 0 Å². The predicted octanol–water partition coefficient (Wildman–Crippen LogP) is 0.532. The van der Waals surface area contributed by atoms with Gasteiger partial charge in [-0.25, -0.2) is 0 Å². The van der Waals surface area contributed by atoms with Crippen LogP contribution in [0.4, 0.5) is 0 Å². The minimum absolute atomic E-state index is 0.106. The van der Waals surface area contributed by atoms with Crippen LogP contribution < -0.4 is 5.73 Å². The zero-order valence-corrected chi connectivity index (χ0v) is 4.85. The van der Waals surface area contributed by atoms with E-state index in [-0.39, 0.29) is 6.23 Å². The number of methoxy groups -OCH3 is 1. The van der Waals surface area contributed by atoms with Crippen LogP contribution in [0, 0.1) is 6.42 Å². The Morgan fingerprint density at radius 1 is 1.86 bits per heavy atom. The molecule has 0 saturated heterocycles. The smallest absolute Gasteiger partial charge is 0.105 e. The second-order valence-electron chi connectivity index (χ2n) is 1.42. The second-order valence-corrected chi connectivity index (χ2v) is 1.42. The molecule has 0 aromatic rings. The third-order valence-corrected chi connectivity index (χ3v) is 0.771. The SMILES string of the molecule is C[CH]CC(N)OC. The molecule has 0 fully saturated rings. The van der Waals surface area contributed by atoms with Crippen molar-refractivity contribution >= 4 is 0 Å². The van der Waals surface area contributed by atoms with Gasteiger partial charge in [0.15, 0.2) is 0 Å². The van der Waals surface area contributed by atoms with Crippen LogP contribution in [0.5, 0.6) is 0 Å². The van der Waals surface area contributed by atoms with Gasteiger partial charge in [-0.15, -0.1) is 0 Å². The van der Waals surface area contributed by atoms with Gasteiger partial charge in [0, 0.05) is 7.11 Å². The molecule has 1 radical (unpaired) electrons. The molecule has 2 nitrogen and oxygen atoms in total. The second kappa shape index (κ2) is 4.09. The molecule has 2 heteroatoms. The molecule has 0 aliphatic heterocycles. The zero-order chi connectivity index (χ0) is 5.70. The molecule has 2 N–H and O–H groups in total. The lowest BCUT2D eigenvalue weighted by molar-refractivity contribution is 0.108. The van der Waals surface area contributed by atoms with Gasteiger partial charge in [-0.1, -0.05) is 6.92 Å². The molecule has 0 aliphatic carbocycles. The Bertz CT molecular complexity index is 39.1. The predicted molar refractivity (Wildman–Crippen MR) is 29.6 cm³/mol. The van der Waals surface area contributed by atoms with E-state index >= 15 is 0 Å². The summed E-state index contributed by atoms with van der Waals surface area (Å²) in [5.41, 5.74) is 5.33. The molecule has 1 atom stereocenters. The third kappa shape index (κ3) is 3.76. The van der Waals surface area contributed by atoms with Crippen LogP contribution in [-0.4, -0.2) is 13.3 Å². The normalized spacial score (nSPS) is 14.1. The van der Waals surface area contributed by atoms with E-state index in [4.69, 9.17) is 10.5 Å². The van der Waals surface area contributed by atoms with Crippen molar-refractivity contribution in [2.45, 2.75) is 19.6 Å². The fraction of sp³-hybridized carbons (Fsp3) is 0.800. The van der Waals surface area contributed by atoms with Gasteiger partial charge in [0.05, 0.1) is 0 Å². The van der Waals surface area contributed by atoms with Gasteiger partial charge in [-0.2, -0.15) is 0 Å². The van der Waals surface area contributed by atoms with E-state index < -0.39 is 0 Å². The standard InChI is InChI=1S/C5H12NO/c1-3-4-5(6)7-2/h3,5H,4,6H2,1-2H3. The highest BCUT2D eigenvalue weighted by molar-refractivity contribution is 4.59. The van der Waals surface area contributed by atoms with E-state index in [0.717, 1.165) is 6.42 Å². The van der Waals surface area contributed by atoms with E-state index in [2.05, 4.69) is 0 Å². The molecule has 1 unspecified atom stereocenters. The average molecular weight is 102 g/mol. The summed E-state index contributed by atoms with van der Waals surface area (Å²) in [7, 11) is 1.61. The minimum atomic E-state index is -0.106. The largest absolute Gasteiger partial charge is 0.367 e. The van der Waals surface area contributed by atoms with Gasteiger partial charge < -0.3 is 10.5 Å². The molecular weight excluding hydrogens is 90.1 g/mol. The molecule has 0 saturated carbocycles. The Morgan fingerprint density at radius 3 is 2.57 bits per heavy atom. The first-order valence-corrected chi connectivity index (χ1v) is 2.37. The van der Waals surface area contributed by atoms with Crippen molar-refractivity contribution in [2.24, 2.45) is 5.73 Å². The fourth-order valence-corrected chi connectivity index (χ4v) is 0.329. The molecule has 0 heterocycles. The van der Waals surface area contributed by atoms with Crippen LogP contribution in [-0.2, 0) is 4.74 Å². The van der Waals surface area contributed by atoms with Crippen LogP contribution in [0.2, 0.25) is 0 Å². The van der Waals surface area contributed by atoms with Crippen LogP contribution >= 0.6 is 0 Å². The Kier molecular flexibility index (Phi) is 4.04. The van der Waals surface area contributed by atoms with Crippen molar-refractivity contribution in [3.05, 3.63) is 6.42 Å². The number of ether oxygens (including phenoxy) is 1. The van der Waals surface area contributed by atoms with Crippen molar-refractivity contribution in [3.63, 3.8) is 0 Å². The highest BCUT2D eigenvalue weighted by Crippen LogP contribution is 1.89. The van der Waals surface area contributed by atoms with E-state index in [1.165, 1.54) is 0 Å². The lowest BCUT2D eigenvalue weighted by atomic mass is 10.3. The fourth-order valence-electron chi connectivity index (χ4n) is 0.329. The third-order valence-electron chi connectivity index (χ3n) is 0.771. The summed E-state index contributed by atoms with van der Waals surface area (Å²) < 4.78 is 4.74. The highest BCUT2D eigenvalue weighted by atomic mass is 16.5. The Balaban J connectivity index is 2.83. The monoisotopic (exact) mass is 102 g/mol. The summed E-state index contributed by atoms with van der Waals surface area (Å²) in [4.78, 5) is 0. The van der Waals surface area contributed by atoms with Crippen molar-refractivity contribution in [1.29, 1.82) is 0 Å². The summed E-state index contributed by atoms with van der Waals surface area (Å²) in [6, 6.07) is 0. The first-order valence-electron chi connectivity index (χ1n) is 2.37. The topological polar surface area (TPSA) is 35.2 Å². The maximum Gasteiger partial charge on any atom is 0.105 e. The molecule has 43 valence electrons. The minimum Gasteiger partial charge on any atom is -0.367 e. The average Bonchev–Trinajstić information content (AvgIpc) is 1.68. The molecule has 0 amide bonds. The van der Waals surface area contributed by atoms with Crippen molar-refractivity contribution in [2.75, 3.05) is 7.11 Å². The molecule has 0 bridgehead atoms. The number of hydrogen-bond acceptors (Lipinski definition) is 2. The molecule has 0 aromatic heterocycles. The summed E-state index contributed by atoms with van der Waals surface area (Å²) in [5.74, 6) is 0. The molecule has 0 aromatic carbocycles. The lowest BCUT2D eigenvalue weighted by Gasteiger charge is -2.04. The molecule has 0 rings (SSSR count). The van der Waals surface area contributed by atoms with Gasteiger partial charge in [-0.05, 0) is 12.8 Å². The van der Waals surface area contributed by atoms with E-state index in [0.29, 0.717) is 0 Å². The Hall–Kier alpha value is -0.0800. The lowest BCUT2D eigenvalue weighted by Crippen LogP contribution is -2.21. The molecular formula is C5H12NO. The first kappa shape index (κ1) is 6.92. The van der Waals surface area contributed by atoms with Gasteiger partial charge in [0.25, 0.3) is 0 Å². The van der Waals surface area contributed by atoms with Gasteiger partial charge in [-0.3, -0.25) is 0 Å². The molecule has 0 spiro atoms. The van der Waals surface area contributed by atoms with Crippen LogP contribution in [0.15, 0.2) is 0 Å². The molecule has 7 heavy (non-hydrogen) atoms. The Morgan fingerprint density at radius 2 is 2.43 bits per heavy atom. The first-order chi connectivity index (χ1) is 3.31. The summed E-state index contributed by atoms with van der Waals surface area (Å²) in [6.45, 7) is 1.96. The van der Waals surface area contributed by atoms with Crippen molar-refractivity contribution in [3.8, 4) is 0 Å². The molecule has 0 aliphatic rings. The van der Waals surface area contributed by atoms with E-state index in [9.17, 15) is 0 Å². The summed E-state index contributed by atoms with van der Waals surface area (Å²) >= 11 is 0. The van der Waals surface area contributed by atoms with Crippen LogP contribution in [0.1, 0.15) is 13.3 Å². The number of hydrogen-bond donors (Lipinski definition) is 1. The van der Waals surface area contributed by atoms with Gasteiger partial charge in [0.1, 0.15) is 6.23 Å². The van der Waals surface area contributed by atoms with Crippen LogP contribution in [0.25, 0.3) is 0 Å². The Labute approximate surface area is 44.7 Å². The number of rotatable bonds is 3.